The molecule has 1 amide bonds. The lowest BCUT2D eigenvalue weighted by atomic mass is 9.94. The molecule has 0 saturated carbocycles. The molecule has 2 aliphatic heterocycles. The second-order valence-corrected chi connectivity index (χ2v) is 7.64. The fourth-order valence-corrected chi connectivity index (χ4v) is 4.23. The SMILES string of the molecule is CC[NH+]1CCN(C(=O)C2CC[NH+](Cc3ccc(O)c(OC)c3)CC2)CC1. The smallest absolute Gasteiger partial charge is 0.226 e. The maximum absolute atomic E-state index is 12.8. The average molecular weight is 364 g/mol. The van der Waals surface area contributed by atoms with Gasteiger partial charge in [0.1, 0.15) is 6.54 Å². The van der Waals surface area contributed by atoms with E-state index in [0.29, 0.717) is 11.7 Å². The number of rotatable bonds is 5. The van der Waals surface area contributed by atoms with E-state index in [1.807, 2.05) is 12.1 Å². The van der Waals surface area contributed by atoms with Crippen LogP contribution >= 0.6 is 0 Å². The number of benzene rings is 1. The second kappa shape index (κ2) is 8.73. The summed E-state index contributed by atoms with van der Waals surface area (Å²) in [5.74, 6) is 1.29. The highest BCUT2D eigenvalue weighted by atomic mass is 16.5. The molecule has 2 saturated heterocycles. The molecule has 1 aromatic rings. The highest BCUT2D eigenvalue weighted by Crippen LogP contribution is 2.26. The Morgan fingerprint density at radius 2 is 1.88 bits per heavy atom. The zero-order chi connectivity index (χ0) is 18.5. The van der Waals surface area contributed by atoms with E-state index in [2.05, 4.69) is 11.8 Å². The number of nitrogens with zero attached hydrogens (tertiary/aromatic N) is 1. The third-order valence-electron chi connectivity index (χ3n) is 6.02. The van der Waals surface area contributed by atoms with E-state index in [1.54, 1.807) is 18.1 Å². The molecule has 26 heavy (non-hydrogen) atoms. The van der Waals surface area contributed by atoms with Crippen LogP contribution in [0.4, 0.5) is 0 Å². The lowest BCUT2D eigenvalue weighted by Crippen LogP contribution is -3.14. The van der Waals surface area contributed by atoms with Gasteiger partial charge in [0.05, 0.1) is 52.9 Å². The van der Waals surface area contributed by atoms with Gasteiger partial charge in [0.2, 0.25) is 5.91 Å². The van der Waals surface area contributed by atoms with Gasteiger partial charge in [-0.2, -0.15) is 0 Å². The Morgan fingerprint density at radius 1 is 1.19 bits per heavy atom. The quantitative estimate of drug-likeness (QED) is 0.625. The number of quaternary nitrogens is 2. The fourth-order valence-electron chi connectivity index (χ4n) is 4.23. The molecule has 6 nitrogen and oxygen atoms in total. The minimum absolute atomic E-state index is 0.181. The lowest BCUT2D eigenvalue weighted by Gasteiger charge is -2.35. The van der Waals surface area contributed by atoms with E-state index in [1.165, 1.54) is 4.90 Å². The number of hydrogen-bond acceptors (Lipinski definition) is 3. The Balaban J connectivity index is 1.47. The number of ether oxygens (including phenoxy) is 1. The summed E-state index contributed by atoms with van der Waals surface area (Å²) in [5, 5.41) is 9.72. The predicted octanol–water partition coefficient (Wildman–Crippen LogP) is -1.06. The van der Waals surface area contributed by atoms with Crippen molar-refractivity contribution in [2.24, 2.45) is 5.92 Å². The molecule has 6 heteroatoms. The summed E-state index contributed by atoms with van der Waals surface area (Å²) in [7, 11) is 1.57. The van der Waals surface area contributed by atoms with Crippen LogP contribution in [-0.2, 0) is 11.3 Å². The molecule has 0 aliphatic carbocycles. The van der Waals surface area contributed by atoms with Crippen molar-refractivity contribution in [3.63, 3.8) is 0 Å². The van der Waals surface area contributed by atoms with Gasteiger partial charge in [-0.1, -0.05) is 0 Å². The van der Waals surface area contributed by atoms with Crippen LogP contribution in [0.3, 0.4) is 0 Å². The van der Waals surface area contributed by atoms with Crippen molar-refractivity contribution in [2.75, 3.05) is 52.9 Å². The standard InChI is InChI=1S/C20H31N3O3/c1-3-21-10-12-23(13-11-21)20(25)17-6-8-22(9-7-17)15-16-4-5-18(24)19(14-16)26-2/h4-5,14,17,24H,3,6-13,15H2,1-2H3/p+2. The first-order valence-electron chi connectivity index (χ1n) is 9.92. The Morgan fingerprint density at radius 3 is 2.50 bits per heavy atom. The molecule has 3 rings (SSSR count). The number of nitrogens with one attached hydrogen (secondary N) is 2. The van der Waals surface area contributed by atoms with Gasteiger partial charge in [0, 0.05) is 24.3 Å². The van der Waals surface area contributed by atoms with Crippen molar-refractivity contribution in [2.45, 2.75) is 26.3 Å². The Kier molecular flexibility index (Phi) is 6.38. The van der Waals surface area contributed by atoms with E-state index >= 15 is 0 Å². The van der Waals surface area contributed by atoms with Crippen LogP contribution in [0.25, 0.3) is 0 Å². The number of methoxy groups -OCH3 is 1. The van der Waals surface area contributed by atoms with Crippen LogP contribution in [0.1, 0.15) is 25.3 Å². The molecule has 0 radical (unpaired) electrons. The van der Waals surface area contributed by atoms with Crippen LogP contribution in [0.5, 0.6) is 11.5 Å². The van der Waals surface area contributed by atoms with Gasteiger partial charge in [-0.3, -0.25) is 4.79 Å². The highest BCUT2D eigenvalue weighted by molar-refractivity contribution is 5.79. The first-order chi connectivity index (χ1) is 12.6. The van der Waals surface area contributed by atoms with Crippen LogP contribution in [0.2, 0.25) is 0 Å². The lowest BCUT2D eigenvalue weighted by molar-refractivity contribution is -0.919. The largest absolute Gasteiger partial charge is 0.504 e. The number of piperazine rings is 1. The predicted molar refractivity (Wildman–Crippen MR) is 99.6 cm³/mol. The molecule has 2 fully saturated rings. The Bertz CT molecular complexity index is 606. The summed E-state index contributed by atoms with van der Waals surface area (Å²) in [6.45, 7) is 10.4. The number of piperidine rings is 1. The van der Waals surface area contributed by atoms with Crippen molar-refractivity contribution < 1.29 is 24.4 Å². The summed E-state index contributed by atoms with van der Waals surface area (Å²) >= 11 is 0. The maximum Gasteiger partial charge on any atom is 0.226 e. The third kappa shape index (κ3) is 4.48. The zero-order valence-electron chi connectivity index (χ0n) is 16.1. The van der Waals surface area contributed by atoms with E-state index < -0.39 is 0 Å². The minimum Gasteiger partial charge on any atom is -0.504 e. The van der Waals surface area contributed by atoms with Gasteiger partial charge >= 0.3 is 0 Å². The molecule has 0 atom stereocenters. The molecule has 1 aromatic carbocycles. The monoisotopic (exact) mass is 363 g/mol. The molecule has 0 unspecified atom stereocenters. The van der Waals surface area contributed by atoms with Gasteiger partial charge in [-0.15, -0.1) is 0 Å². The molecule has 0 bridgehead atoms. The van der Waals surface area contributed by atoms with Crippen LogP contribution in [0, 0.1) is 5.92 Å². The van der Waals surface area contributed by atoms with Gasteiger partial charge in [0.15, 0.2) is 11.5 Å². The van der Waals surface area contributed by atoms with Crippen molar-refractivity contribution in [3.05, 3.63) is 23.8 Å². The first kappa shape index (κ1) is 19.0. The number of likely N-dealkylation sites (N-methyl/N-ethyl adjacent to an activating group) is 1. The summed E-state index contributed by atoms with van der Waals surface area (Å²) < 4.78 is 5.19. The normalized spacial score (nSPS) is 24.5. The van der Waals surface area contributed by atoms with E-state index in [4.69, 9.17) is 4.74 Å². The topological polar surface area (TPSA) is 58.7 Å². The van der Waals surface area contributed by atoms with Crippen LogP contribution < -0.4 is 14.5 Å². The number of amides is 1. The summed E-state index contributed by atoms with van der Waals surface area (Å²) in [4.78, 5) is 18.0. The third-order valence-corrected chi connectivity index (χ3v) is 6.02. The minimum atomic E-state index is 0.181. The summed E-state index contributed by atoms with van der Waals surface area (Å²) in [6, 6.07) is 5.56. The Labute approximate surface area is 156 Å². The van der Waals surface area contributed by atoms with Crippen LogP contribution in [0.15, 0.2) is 18.2 Å². The van der Waals surface area contributed by atoms with Crippen molar-refractivity contribution in [1.29, 1.82) is 0 Å². The molecule has 2 aliphatic rings. The van der Waals surface area contributed by atoms with E-state index in [-0.39, 0.29) is 11.7 Å². The van der Waals surface area contributed by atoms with Gasteiger partial charge < -0.3 is 24.5 Å². The summed E-state index contributed by atoms with van der Waals surface area (Å²) in [5.41, 5.74) is 1.16. The molecule has 2 heterocycles. The number of likely N-dealkylation sites (tertiary alicyclic amines) is 1. The van der Waals surface area contributed by atoms with Crippen molar-refractivity contribution in [1.82, 2.24) is 4.90 Å². The fraction of sp³-hybridized carbons (Fsp3) is 0.650. The number of aromatic hydroxyl groups is 1. The number of phenolic OH excluding ortho intramolecular Hbond substituents is 1. The molecule has 144 valence electrons. The van der Waals surface area contributed by atoms with Gasteiger partial charge in [-0.25, -0.2) is 0 Å². The first-order valence-corrected chi connectivity index (χ1v) is 9.92. The van der Waals surface area contributed by atoms with Crippen molar-refractivity contribution in [3.8, 4) is 11.5 Å². The zero-order valence-corrected chi connectivity index (χ0v) is 16.1. The van der Waals surface area contributed by atoms with E-state index in [9.17, 15) is 9.90 Å². The summed E-state index contributed by atoms with van der Waals surface area (Å²) in [6.07, 6.45) is 1.95. The molecular formula is C20H33N3O3+2. The van der Waals surface area contributed by atoms with Gasteiger partial charge in [0.25, 0.3) is 0 Å². The van der Waals surface area contributed by atoms with Gasteiger partial charge in [-0.05, 0) is 25.1 Å². The number of phenols is 1. The average Bonchev–Trinajstić information content (AvgIpc) is 2.69. The van der Waals surface area contributed by atoms with E-state index in [0.717, 1.165) is 70.8 Å². The second-order valence-electron chi connectivity index (χ2n) is 7.64. The number of carbonyl (C=O) groups excluding carboxylic acids is 1. The van der Waals surface area contributed by atoms with Crippen molar-refractivity contribution >= 4 is 5.91 Å². The molecular weight excluding hydrogens is 330 g/mol. The Hall–Kier alpha value is -1.79. The molecule has 0 spiro atoms. The molecule has 0 aromatic heterocycles. The highest BCUT2D eigenvalue weighted by Gasteiger charge is 2.32. The van der Waals surface area contributed by atoms with Crippen LogP contribution in [-0.4, -0.2) is 68.8 Å². The molecule has 3 N–H and O–H groups in total. The number of carbonyl (C=O) groups is 1. The maximum atomic E-state index is 12.8. The number of hydrogen-bond donors (Lipinski definition) is 3.